The number of hydrogen-bond acceptors (Lipinski definition) is 2. The third-order valence-electron chi connectivity index (χ3n) is 3.15. The van der Waals surface area contributed by atoms with Crippen molar-refractivity contribution in [1.82, 2.24) is 0 Å². The van der Waals surface area contributed by atoms with E-state index < -0.39 is 29.7 Å². The fraction of sp³-hybridized carbons (Fsp3) is 0.200. The minimum atomic E-state index is -4.49. The molecule has 112 valence electrons. The van der Waals surface area contributed by atoms with Gasteiger partial charge in [0.15, 0.2) is 0 Å². The van der Waals surface area contributed by atoms with E-state index in [9.17, 15) is 22.7 Å². The van der Waals surface area contributed by atoms with Gasteiger partial charge in [-0.15, -0.1) is 0 Å². The molecular weight excluding hydrogens is 286 g/mol. The number of alkyl halides is 3. The van der Waals surface area contributed by atoms with E-state index in [1.54, 1.807) is 0 Å². The molecule has 2 atom stereocenters. The Morgan fingerprint density at radius 3 is 2.14 bits per heavy atom. The molecule has 0 bridgehead atoms. The predicted molar refractivity (Wildman–Crippen MR) is 69.7 cm³/mol. The van der Waals surface area contributed by atoms with Crippen molar-refractivity contribution < 1.29 is 22.7 Å². The average Bonchev–Trinajstić information content (AvgIpc) is 2.46. The first-order valence-electron chi connectivity index (χ1n) is 6.15. The quantitative estimate of drug-likeness (QED) is 0.851. The predicted octanol–water partition coefficient (Wildman–Crippen LogP) is 3.58. The van der Waals surface area contributed by atoms with Crippen LogP contribution < -0.4 is 5.73 Å². The first-order valence-corrected chi connectivity index (χ1v) is 6.15. The molecule has 0 saturated carbocycles. The Balaban J connectivity index is 2.27. The van der Waals surface area contributed by atoms with Gasteiger partial charge in [0, 0.05) is 0 Å². The van der Waals surface area contributed by atoms with Crippen molar-refractivity contribution in [2.45, 2.75) is 18.3 Å². The van der Waals surface area contributed by atoms with Crippen molar-refractivity contribution in [3.05, 3.63) is 71.0 Å². The zero-order chi connectivity index (χ0) is 15.6. The summed E-state index contributed by atoms with van der Waals surface area (Å²) in [5.41, 5.74) is 5.46. The second-order valence-electron chi connectivity index (χ2n) is 4.65. The van der Waals surface area contributed by atoms with Crippen LogP contribution in [0.3, 0.4) is 0 Å². The normalized spacial score (nSPS) is 14.8. The number of aliphatic hydroxyl groups is 1. The summed E-state index contributed by atoms with van der Waals surface area (Å²) in [5, 5.41) is 10.1. The standard InChI is InChI=1S/C15H13F4NO/c16-12-6-4-9(5-7-12)13(20)14(21)10-2-1-3-11(8-10)15(17,18)19/h1-8,13-14,21H,20H2. The molecule has 2 aromatic carbocycles. The second-order valence-corrected chi connectivity index (χ2v) is 4.65. The molecule has 6 heteroatoms. The molecule has 0 aliphatic heterocycles. The topological polar surface area (TPSA) is 46.2 Å². The van der Waals surface area contributed by atoms with Crippen molar-refractivity contribution in [2.75, 3.05) is 0 Å². The molecule has 0 aliphatic carbocycles. The number of aliphatic hydroxyl groups excluding tert-OH is 1. The molecule has 2 aromatic rings. The van der Waals surface area contributed by atoms with Crippen molar-refractivity contribution in [1.29, 1.82) is 0 Å². The van der Waals surface area contributed by atoms with E-state index in [1.165, 1.54) is 36.4 Å². The number of rotatable bonds is 3. The number of nitrogens with two attached hydrogens (primary N) is 1. The van der Waals surface area contributed by atoms with Gasteiger partial charge >= 0.3 is 6.18 Å². The van der Waals surface area contributed by atoms with Crippen LogP contribution in [-0.4, -0.2) is 5.11 Å². The van der Waals surface area contributed by atoms with Crippen LogP contribution in [0.4, 0.5) is 17.6 Å². The van der Waals surface area contributed by atoms with Crippen LogP contribution in [0.25, 0.3) is 0 Å². The fourth-order valence-corrected chi connectivity index (χ4v) is 1.97. The van der Waals surface area contributed by atoms with Crippen LogP contribution in [0.2, 0.25) is 0 Å². The summed E-state index contributed by atoms with van der Waals surface area (Å²) in [6.07, 6.45) is -5.81. The molecule has 0 aliphatic rings. The van der Waals surface area contributed by atoms with Gasteiger partial charge in [0.25, 0.3) is 0 Å². The molecule has 0 saturated heterocycles. The number of benzene rings is 2. The maximum atomic E-state index is 12.8. The smallest absolute Gasteiger partial charge is 0.386 e. The van der Waals surface area contributed by atoms with E-state index in [-0.39, 0.29) is 5.56 Å². The molecule has 21 heavy (non-hydrogen) atoms. The Labute approximate surface area is 118 Å². The zero-order valence-corrected chi connectivity index (χ0v) is 10.8. The van der Waals surface area contributed by atoms with Gasteiger partial charge in [-0.3, -0.25) is 0 Å². The minimum absolute atomic E-state index is 0.0571. The molecule has 0 spiro atoms. The first kappa shape index (κ1) is 15.5. The molecule has 0 fully saturated rings. The summed E-state index contributed by atoms with van der Waals surface area (Å²) < 4.78 is 50.8. The third-order valence-corrected chi connectivity index (χ3v) is 3.15. The van der Waals surface area contributed by atoms with E-state index in [2.05, 4.69) is 0 Å². The molecule has 2 rings (SSSR count). The van der Waals surface area contributed by atoms with E-state index in [4.69, 9.17) is 5.73 Å². The van der Waals surface area contributed by atoms with E-state index in [0.717, 1.165) is 12.1 Å². The van der Waals surface area contributed by atoms with Crippen LogP contribution in [-0.2, 0) is 6.18 Å². The van der Waals surface area contributed by atoms with Gasteiger partial charge in [0.05, 0.1) is 17.7 Å². The molecule has 0 radical (unpaired) electrons. The van der Waals surface area contributed by atoms with Gasteiger partial charge in [-0.2, -0.15) is 13.2 Å². The number of halogens is 4. The lowest BCUT2D eigenvalue weighted by Crippen LogP contribution is -2.20. The summed E-state index contributed by atoms with van der Waals surface area (Å²) in [5.74, 6) is -0.459. The van der Waals surface area contributed by atoms with Crippen molar-refractivity contribution in [3.8, 4) is 0 Å². The van der Waals surface area contributed by atoms with Crippen LogP contribution in [0.1, 0.15) is 28.8 Å². The molecule has 2 nitrogen and oxygen atoms in total. The number of hydrogen-bond donors (Lipinski definition) is 2. The molecule has 0 heterocycles. The largest absolute Gasteiger partial charge is 0.416 e. The van der Waals surface area contributed by atoms with E-state index in [1.807, 2.05) is 0 Å². The molecule has 0 amide bonds. The third kappa shape index (κ3) is 3.59. The highest BCUT2D eigenvalue weighted by atomic mass is 19.4. The first-order chi connectivity index (χ1) is 9.79. The zero-order valence-electron chi connectivity index (χ0n) is 10.8. The van der Waals surface area contributed by atoms with Gasteiger partial charge in [0.2, 0.25) is 0 Å². The van der Waals surface area contributed by atoms with Crippen molar-refractivity contribution in [3.63, 3.8) is 0 Å². The lowest BCUT2D eigenvalue weighted by Gasteiger charge is -2.20. The van der Waals surface area contributed by atoms with Gasteiger partial charge in [0.1, 0.15) is 5.82 Å². The highest BCUT2D eigenvalue weighted by molar-refractivity contribution is 5.30. The van der Waals surface area contributed by atoms with Gasteiger partial charge in [-0.1, -0.05) is 24.3 Å². The van der Waals surface area contributed by atoms with E-state index in [0.29, 0.717) is 5.56 Å². The Kier molecular flexibility index (Phi) is 4.29. The summed E-state index contributed by atoms with van der Waals surface area (Å²) in [6.45, 7) is 0. The average molecular weight is 299 g/mol. The fourth-order valence-electron chi connectivity index (χ4n) is 1.97. The molecule has 2 unspecified atom stereocenters. The molecule has 0 aromatic heterocycles. The monoisotopic (exact) mass is 299 g/mol. The Hall–Kier alpha value is -1.92. The van der Waals surface area contributed by atoms with E-state index >= 15 is 0 Å². The van der Waals surface area contributed by atoms with Crippen LogP contribution in [0.15, 0.2) is 48.5 Å². The second kappa shape index (κ2) is 5.83. The Bertz CT molecular complexity index is 610. The molecular formula is C15H13F4NO. The van der Waals surface area contributed by atoms with Gasteiger partial charge < -0.3 is 10.8 Å². The Morgan fingerprint density at radius 2 is 1.57 bits per heavy atom. The van der Waals surface area contributed by atoms with Crippen molar-refractivity contribution in [2.24, 2.45) is 5.73 Å². The highest BCUT2D eigenvalue weighted by Crippen LogP contribution is 2.33. The molecule has 3 N–H and O–H groups in total. The van der Waals surface area contributed by atoms with Gasteiger partial charge in [-0.05, 0) is 35.4 Å². The summed E-state index contributed by atoms with van der Waals surface area (Å²) in [6, 6.07) is 8.51. The lowest BCUT2D eigenvalue weighted by atomic mass is 9.95. The minimum Gasteiger partial charge on any atom is -0.386 e. The summed E-state index contributed by atoms with van der Waals surface area (Å²) in [7, 11) is 0. The maximum absolute atomic E-state index is 12.8. The van der Waals surface area contributed by atoms with Crippen LogP contribution in [0, 0.1) is 5.82 Å². The SMILES string of the molecule is NC(c1ccc(F)cc1)C(O)c1cccc(C(F)(F)F)c1. The van der Waals surface area contributed by atoms with Crippen molar-refractivity contribution >= 4 is 0 Å². The highest BCUT2D eigenvalue weighted by Gasteiger charge is 2.31. The van der Waals surface area contributed by atoms with Crippen LogP contribution >= 0.6 is 0 Å². The van der Waals surface area contributed by atoms with Gasteiger partial charge in [-0.25, -0.2) is 4.39 Å². The Morgan fingerprint density at radius 1 is 0.952 bits per heavy atom. The summed E-state index contributed by atoms with van der Waals surface area (Å²) in [4.78, 5) is 0. The summed E-state index contributed by atoms with van der Waals surface area (Å²) >= 11 is 0. The van der Waals surface area contributed by atoms with Crippen LogP contribution in [0.5, 0.6) is 0 Å². The lowest BCUT2D eigenvalue weighted by molar-refractivity contribution is -0.137. The maximum Gasteiger partial charge on any atom is 0.416 e.